The summed E-state index contributed by atoms with van der Waals surface area (Å²) in [6.45, 7) is 2.32. The lowest BCUT2D eigenvalue weighted by molar-refractivity contribution is -0.143. The van der Waals surface area contributed by atoms with Crippen molar-refractivity contribution in [1.82, 2.24) is 14.1 Å². The van der Waals surface area contributed by atoms with E-state index >= 15 is 0 Å². The highest BCUT2D eigenvalue weighted by atomic mass is 32.1. The third-order valence-corrected chi connectivity index (χ3v) is 5.06. The molecular weight excluding hydrogens is 354 g/mol. The number of rotatable bonds is 6. The summed E-state index contributed by atoms with van der Waals surface area (Å²) in [6, 6.07) is 7.13. The van der Waals surface area contributed by atoms with Gasteiger partial charge in [0.15, 0.2) is 0 Å². The number of carbonyl (C=O) groups is 1. The van der Waals surface area contributed by atoms with E-state index < -0.39 is 0 Å². The van der Waals surface area contributed by atoms with Crippen molar-refractivity contribution >= 4 is 28.2 Å². The molecule has 7 nitrogen and oxygen atoms in total. The van der Waals surface area contributed by atoms with E-state index in [9.17, 15) is 14.4 Å². The molecule has 0 aliphatic rings. The summed E-state index contributed by atoms with van der Waals surface area (Å²) in [4.78, 5) is 40.3. The van der Waals surface area contributed by atoms with Crippen LogP contribution in [0.3, 0.4) is 0 Å². The average molecular weight is 373 g/mol. The topological polar surface area (TPSA) is 83.2 Å². The van der Waals surface area contributed by atoms with Crippen LogP contribution in [0.25, 0.3) is 10.9 Å². The number of esters is 1. The van der Waals surface area contributed by atoms with Crippen molar-refractivity contribution < 1.29 is 9.53 Å². The summed E-state index contributed by atoms with van der Waals surface area (Å²) >= 11 is 1.13. The number of aromatic nitrogens is 3. The van der Waals surface area contributed by atoms with Crippen molar-refractivity contribution in [3.05, 3.63) is 61.2 Å². The van der Waals surface area contributed by atoms with Crippen LogP contribution < -0.4 is 10.4 Å². The van der Waals surface area contributed by atoms with Gasteiger partial charge in [-0.2, -0.15) is 0 Å². The number of benzene rings is 1. The number of aryl methyl sites for hydroxylation is 2. The van der Waals surface area contributed by atoms with E-state index in [0.717, 1.165) is 17.0 Å². The van der Waals surface area contributed by atoms with E-state index in [4.69, 9.17) is 4.74 Å². The summed E-state index contributed by atoms with van der Waals surface area (Å²) in [5.74, 6) is 0.156. The molecule has 0 spiro atoms. The van der Waals surface area contributed by atoms with Gasteiger partial charge in [-0.1, -0.05) is 23.5 Å². The molecule has 0 aliphatic carbocycles. The van der Waals surface area contributed by atoms with Gasteiger partial charge in [-0.3, -0.25) is 23.5 Å². The molecule has 26 heavy (non-hydrogen) atoms. The second-order valence-electron chi connectivity index (χ2n) is 5.92. The highest BCUT2D eigenvalue weighted by Gasteiger charge is 2.11. The standard InChI is InChI=1S/C18H19N3O4S/c1-12-11-26-18(24)21(12)9-10-25-16(22)8-7-15-19-14-6-4-3-5-13(14)17(23)20(15)2/h3-6,11H,7-10H2,1-2H3. The number of hydrogen-bond donors (Lipinski definition) is 0. The Morgan fingerprint density at radius 3 is 2.77 bits per heavy atom. The SMILES string of the molecule is Cc1csc(=O)n1CCOC(=O)CCc1nc2ccccc2c(=O)n1C. The quantitative estimate of drug-likeness (QED) is 0.614. The first-order valence-corrected chi connectivity index (χ1v) is 9.10. The average Bonchev–Trinajstić information content (AvgIpc) is 2.95. The van der Waals surface area contributed by atoms with E-state index in [2.05, 4.69) is 4.98 Å². The highest BCUT2D eigenvalue weighted by Crippen LogP contribution is 2.08. The minimum absolute atomic E-state index is 0.0612. The van der Waals surface area contributed by atoms with Crippen LogP contribution in [-0.2, 0) is 29.5 Å². The third-order valence-electron chi connectivity index (χ3n) is 4.18. The summed E-state index contributed by atoms with van der Waals surface area (Å²) in [6.07, 6.45) is 0.434. The fraction of sp³-hybridized carbons (Fsp3) is 0.333. The molecule has 0 atom stereocenters. The maximum absolute atomic E-state index is 12.3. The Balaban J connectivity index is 1.59. The van der Waals surface area contributed by atoms with Gasteiger partial charge in [0.2, 0.25) is 0 Å². The number of carbonyl (C=O) groups excluding carboxylic acids is 1. The van der Waals surface area contributed by atoms with Crippen molar-refractivity contribution in [3.8, 4) is 0 Å². The van der Waals surface area contributed by atoms with Crippen LogP contribution in [-0.4, -0.2) is 26.7 Å². The molecule has 0 bridgehead atoms. The van der Waals surface area contributed by atoms with E-state index in [-0.39, 0.29) is 29.4 Å². The van der Waals surface area contributed by atoms with E-state index in [1.165, 1.54) is 4.57 Å². The van der Waals surface area contributed by atoms with E-state index in [1.807, 2.05) is 13.0 Å². The molecule has 8 heteroatoms. The van der Waals surface area contributed by atoms with Crippen LogP contribution in [0.1, 0.15) is 17.9 Å². The number of ether oxygens (including phenoxy) is 1. The zero-order chi connectivity index (χ0) is 18.7. The first-order valence-electron chi connectivity index (χ1n) is 8.22. The molecule has 0 saturated carbocycles. The Morgan fingerprint density at radius 2 is 2.04 bits per heavy atom. The molecule has 0 saturated heterocycles. The van der Waals surface area contributed by atoms with Gasteiger partial charge in [0.1, 0.15) is 12.4 Å². The van der Waals surface area contributed by atoms with Crippen molar-refractivity contribution in [2.75, 3.05) is 6.61 Å². The maximum Gasteiger partial charge on any atom is 0.307 e. The summed E-state index contributed by atoms with van der Waals surface area (Å²) < 4.78 is 8.23. The molecular formula is C18H19N3O4S. The van der Waals surface area contributed by atoms with Crippen LogP contribution >= 0.6 is 11.3 Å². The van der Waals surface area contributed by atoms with Crippen LogP contribution in [0.4, 0.5) is 0 Å². The third kappa shape index (κ3) is 3.75. The Morgan fingerprint density at radius 1 is 1.27 bits per heavy atom. The molecule has 0 unspecified atom stereocenters. The molecule has 2 aromatic heterocycles. The second kappa shape index (κ2) is 7.65. The van der Waals surface area contributed by atoms with Gasteiger partial charge in [0, 0.05) is 24.5 Å². The van der Waals surface area contributed by atoms with Crippen LogP contribution in [0.15, 0.2) is 39.2 Å². The Labute approximate surface area is 153 Å². The summed E-state index contributed by atoms with van der Waals surface area (Å²) in [5, 5.41) is 2.33. The lowest BCUT2D eigenvalue weighted by Crippen LogP contribution is -2.23. The number of thiazole rings is 1. The normalized spacial score (nSPS) is 11.0. The van der Waals surface area contributed by atoms with Gasteiger partial charge in [0.05, 0.1) is 23.9 Å². The summed E-state index contributed by atoms with van der Waals surface area (Å²) in [5.41, 5.74) is 1.34. The fourth-order valence-electron chi connectivity index (χ4n) is 2.70. The molecule has 0 fully saturated rings. The second-order valence-corrected chi connectivity index (χ2v) is 6.75. The largest absolute Gasteiger partial charge is 0.464 e. The van der Waals surface area contributed by atoms with Crippen molar-refractivity contribution in [1.29, 1.82) is 0 Å². The molecule has 3 aromatic rings. The smallest absolute Gasteiger partial charge is 0.307 e. The monoisotopic (exact) mass is 373 g/mol. The van der Waals surface area contributed by atoms with Gasteiger partial charge in [-0.15, -0.1) is 0 Å². The molecule has 1 aromatic carbocycles. The number of hydrogen-bond acceptors (Lipinski definition) is 6. The molecule has 0 radical (unpaired) electrons. The minimum atomic E-state index is -0.381. The number of fused-ring (bicyclic) bond motifs is 1. The fourth-order valence-corrected chi connectivity index (χ4v) is 3.46. The van der Waals surface area contributed by atoms with Gasteiger partial charge in [-0.05, 0) is 19.1 Å². The Hall–Kier alpha value is -2.74. The van der Waals surface area contributed by atoms with Crippen LogP contribution in [0.5, 0.6) is 0 Å². The van der Waals surface area contributed by atoms with Gasteiger partial charge >= 0.3 is 10.8 Å². The zero-order valence-corrected chi connectivity index (χ0v) is 15.4. The molecule has 0 amide bonds. The van der Waals surface area contributed by atoms with Crippen molar-refractivity contribution in [3.63, 3.8) is 0 Å². The van der Waals surface area contributed by atoms with Gasteiger partial charge < -0.3 is 4.74 Å². The van der Waals surface area contributed by atoms with E-state index in [0.29, 0.717) is 29.7 Å². The minimum Gasteiger partial charge on any atom is -0.464 e. The van der Waals surface area contributed by atoms with Crippen LogP contribution in [0.2, 0.25) is 0 Å². The highest BCUT2D eigenvalue weighted by molar-refractivity contribution is 7.07. The van der Waals surface area contributed by atoms with Crippen molar-refractivity contribution in [2.45, 2.75) is 26.3 Å². The van der Waals surface area contributed by atoms with Crippen molar-refractivity contribution in [2.24, 2.45) is 7.05 Å². The van der Waals surface area contributed by atoms with E-state index in [1.54, 1.807) is 35.2 Å². The lowest BCUT2D eigenvalue weighted by atomic mass is 10.2. The first kappa shape index (κ1) is 18.1. The summed E-state index contributed by atoms with van der Waals surface area (Å²) in [7, 11) is 1.65. The maximum atomic E-state index is 12.3. The molecule has 2 heterocycles. The number of para-hydroxylation sites is 1. The Kier molecular flexibility index (Phi) is 5.32. The lowest BCUT2D eigenvalue weighted by Gasteiger charge is -2.09. The predicted octanol–water partition coefficient (Wildman–Crippen LogP) is 1.64. The molecule has 0 N–H and O–H groups in total. The molecule has 136 valence electrons. The van der Waals surface area contributed by atoms with Gasteiger partial charge in [-0.25, -0.2) is 4.98 Å². The Bertz CT molecular complexity index is 1060. The van der Waals surface area contributed by atoms with Gasteiger partial charge in [0.25, 0.3) is 5.56 Å². The predicted molar refractivity (Wildman–Crippen MR) is 99.6 cm³/mol. The first-order chi connectivity index (χ1) is 12.5. The zero-order valence-electron chi connectivity index (χ0n) is 14.6. The molecule has 3 rings (SSSR count). The van der Waals surface area contributed by atoms with Crippen LogP contribution in [0, 0.1) is 6.92 Å². The molecule has 0 aliphatic heterocycles. The number of nitrogens with zero attached hydrogens (tertiary/aromatic N) is 3.